The Kier molecular flexibility index (Phi) is 4.24. The molecule has 1 saturated heterocycles. The number of aromatic nitrogens is 3. The minimum atomic E-state index is 0.240. The number of hydrogen-bond acceptors (Lipinski definition) is 4. The van der Waals surface area contributed by atoms with Crippen molar-refractivity contribution < 1.29 is 0 Å². The normalized spacial score (nSPS) is 28.8. The lowest BCUT2D eigenvalue weighted by Gasteiger charge is -2.36. The molecule has 0 amide bonds. The van der Waals surface area contributed by atoms with Crippen molar-refractivity contribution in [2.24, 2.45) is 11.7 Å². The van der Waals surface area contributed by atoms with E-state index >= 15 is 0 Å². The van der Waals surface area contributed by atoms with Crippen LogP contribution in [0.4, 0.5) is 5.95 Å². The van der Waals surface area contributed by atoms with Gasteiger partial charge >= 0.3 is 0 Å². The number of rotatable bonds is 3. The molecule has 0 spiro atoms. The number of H-pyrrole nitrogens is 1. The first kappa shape index (κ1) is 13.9. The summed E-state index contributed by atoms with van der Waals surface area (Å²) in [4.78, 5) is 6.98. The van der Waals surface area contributed by atoms with Crippen molar-refractivity contribution in [1.29, 1.82) is 0 Å². The molecule has 2 aliphatic rings. The van der Waals surface area contributed by atoms with Gasteiger partial charge in [-0.3, -0.25) is 5.10 Å². The molecule has 2 unspecified atom stereocenters. The molecule has 0 bridgehead atoms. The Morgan fingerprint density at radius 3 is 2.80 bits per heavy atom. The second-order valence-corrected chi connectivity index (χ2v) is 6.53. The number of nitrogens with one attached hydrogen (secondary N) is 1. The maximum absolute atomic E-state index is 6.15. The third-order valence-corrected chi connectivity index (χ3v) is 5.03. The topological polar surface area (TPSA) is 70.8 Å². The quantitative estimate of drug-likeness (QED) is 0.889. The van der Waals surface area contributed by atoms with Crippen LogP contribution >= 0.6 is 0 Å². The van der Waals surface area contributed by atoms with Gasteiger partial charge in [0.1, 0.15) is 5.82 Å². The Bertz CT molecular complexity index is 424. The highest BCUT2D eigenvalue weighted by atomic mass is 15.4. The average molecular weight is 277 g/mol. The smallest absolute Gasteiger partial charge is 0.244 e. The molecule has 5 heteroatoms. The number of piperidine rings is 1. The van der Waals surface area contributed by atoms with Gasteiger partial charge in [-0.25, -0.2) is 0 Å². The standard InChI is InChI=1S/C15H27N5/c1-11-13(16)8-5-9-20(11)15-17-14(18-19-15)10-12-6-3-2-4-7-12/h11-13H,2-10,16H2,1H3,(H,17,18,19). The van der Waals surface area contributed by atoms with E-state index in [0.29, 0.717) is 6.04 Å². The van der Waals surface area contributed by atoms with Gasteiger partial charge in [-0.05, 0) is 25.7 Å². The zero-order valence-electron chi connectivity index (χ0n) is 12.5. The molecule has 3 rings (SSSR count). The van der Waals surface area contributed by atoms with Crippen LogP contribution in [0.2, 0.25) is 0 Å². The van der Waals surface area contributed by atoms with Crippen molar-refractivity contribution in [1.82, 2.24) is 15.2 Å². The van der Waals surface area contributed by atoms with Crippen LogP contribution in [-0.4, -0.2) is 33.8 Å². The fraction of sp³-hybridized carbons (Fsp3) is 0.867. The van der Waals surface area contributed by atoms with Crippen LogP contribution in [-0.2, 0) is 6.42 Å². The molecule has 1 aromatic rings. The van der Waals surface area contributed by atoms with Crippen molar-refractivity contribution >= 4 is 5.95 Å². The Balaban J connectivity index is 1.63. The van der Waals surface area contributed by atoms with E-state index in [1.807, 2.05) is 0 Å². The molecule has 0 aromatic carbocycles. The first-order valence-corrected chi connectivity index (χ1v) is 8.17. The van der Waals surface area contributed by atoms with E-state index in [4.69, 9.17) is 10.7 Å². The van der Waals surface area contributed by atoms with Crippen molar-refractivity contribution in [2.45, 2.75) is 70.4 Å². The largest absolute Gasteiger partial charge is 0.335 e. The summed E-state index contributed by atoms with van der Waals surface area (Å²) in [5, 5.41) is 7.57. The van der Waals surface area contributed by atoms with Crippen molar-refractivity contribution in [3.8, 4) is 0 Å². The lowest BCUT2D eigenvalue weighted by atomic mass is 9.87. The van der Waals surface area contributed by atoms with E-state index in [1.54, 1.807) is 0 Å². The van der Waals surface area contributed by atoms with Crippen molar-refractivity contribution in [2.75, 3.05) is 11.4 Å². The Labute approximate surface area is 121 Å². The summed E-state index contributed by atoms with van der Waals surface area (Å²) in [6, 6.07) is 0.575. The molecule has 3 N–H and O–H groups in total. The predicted octanol–water partition coefficient (Wildman–Crippen LogP) is 2.24. The van der Waals surface area contributed by atoms with E-state index in [-0.39, 0.29) is 6.04 Å². The monoisotopic (exact) mass is 277 g/mol. The van der Waals surface area contributed by atoms with Gasteiger partial charge < -0.3 is 10.6 Å². The molecular weight excluding hydrogens is 250 g/mol. The van der Waals surface area contributed by atoms with Crippen LogP contribution in [0.15, 0.2) is 0 Å². The molecule has 2 heterocycles. The molecule has 1 aliphatic heterocycles. The number of nitrogens with two attached hydrogens (primary N) is 1. The molecule has 2 atom stereocenters. The minimum absolute atomic E-state index is 0.240. The first-order valence-electron chi connectivity index (χ1n) is 8.17. The summed E-state index contributed by atoms with van der Waals surface area (Å²) in [5.41, 5.74) is 6.15. The van der Waals surface area contributed by atoms with Gasteiger partial charge in [0.05, 0.1) is 0 Å². The second-order valence-electron chi connectivity index (χ2n) is 6.53. The van der Waals surface area contributed by atoms with Crippen LogP contribution in [0.25, 0.3) is 0 Å². The second kappa shape index (κ2) is 6.12. The average Bonchev–Trinajstić information content (AvgIpc) is 2.91. The van der Waals surface area contributed by atoms with E-state index in [1.165, 1.54) is 32.1 Å². The predicted molar refractivity (Wildman–Crippen MR) is 80.7 cm³/mol. The number of nitrogens with zero attached hydrogens (tertiary/aromatic N) is 3. The highest BCUT2D eigenvalue weighted by molar-refractivity contribution is 5.32. The summed E-state index contributed by atoms with van der Waals surface area (Å²) in [6.45, 7) is 3.20. The molecule has 0 radical (unpaired) electrons. The SMILES string of the molecule is CC1C(N)CCCN1c1n[nH]c(CC2CCCCC2)n1. The number of hydrogen-bond donors (Lipinski definition) is 2. The van der Waals surface area contributed by atoms with Crippen LogP contribution in [0, 0.1) is 5.92 Å². The minimum Gasteiger partial charge on any atom is -0.335 e. The Hall–Kier alpha value is -1.10. The highest BCUT2D eigenvalue weighted by Gasteiger charge is 2.28. The molecule has 2 fully saturated rings. The lowest BCUT2D eigenvalue weighted by molar-refractivity contribution is 0.352. The zero-order valence-corrected chi connectivity index (χ0v) is 12.5. The first-order chi connectivity index (χ1) is 9.74. The van der Waals surface area contributed by atoms with Crippen LogP contribution in [0.1, 0.15) is 57.7 Å². The van der Waals surface area contributed by atoms with Crippen LogP contribution < -0.4 is 10.6 Å². The van der Waals surface area contributed by atoms with Crippen molar-refractivity contribution in [3.05, 3.63) is 5.82 Å². The van der Waals surface area contributed by atoms with E-state index in [2.05, 4.69) is 22.0 Å². The fourth-order valence-corrected chi connectivity index (χ4v) is 3.63. The third-order valence-electron chi connectivity index (χ3n) is 5.03. The maximum Gasteiger partial charge on any atom is 0.244 e. The van der Waals surface area contributed by atoms with Crippen LogP contribution in [0.5, 0.6) is 0 Å². The summed E-state index contributed by atoms with van der Waals surface area (Å²) in [6.07, 6.45) is 10.2. The Morgan fingerprint density at radius 1 is 1.20 bits per heavy atom. The molecule has 1 aliphatic carbocycles. The lowest BCUT2D eigenvalue weighted by Crippen LogP contribution is -2.51. The number of aromatic amines is 1. The molecular formula is C15H27N5. The van der Waals surface area contributed by atoms with Gasteiger partial charge in [0.2, 0.25) is 5.95 Å². The van der Waals surface area contributed by atoms with Gasteiger partial charge in [0.25, 0.3) is 0 Å². The molecule has 112 valence electrons. The number of anilines is 1. The summed E-state index contributed by atoms with van der Waals surface area (Å²) >= 11 is 0. The van der Waals surface area contributed by atoms with Gasteiger partial charge in [-0.1, -0.05) is 32.1 Å². The molecule has 20 heavy (non-hydrogen) atoms. The van der Waals surface area contributed by atoms with Crippen molar-refractivity contribution in [3.63, 3.8) is 0 Å². The third kappa shape index (κ3) is 2.97. The van der Waals surface area contributed by atoms with E-state index < -0.39 is 0 Å². The van der Waals surface area contributed by atoms with Gasteiger partial charge in [0.15, 0.2) is 0 Å². The molecule has 1 aromatic heterocycles. The van der Waals surface area contributed by atoms with E-state index in [0.717, 1.165) is 43.5 Å². The van der Waals surface area contributed by atoms with E-state index in [9.17, 15) is 0 Å². The summed E-state index contributed by atoms with van der Waals surface area (Å²) in [7, 11) is 0. The Morgan fingerprint density at radius 2 is 2.00 bits per heavy atom. The summed E-state index contributed by atoms with van der Waals surface area (Å²) < 4.78 is 0. The van der Waals surface area contributed by atoms with Gasteiger partial charge in [-0.15, -0.1) is 5.10 Å². The molecule has 5 nitrogen and oxygen atoms in total. The van der Waals surface area contributed by atoms with Gasteiger partial charge in [0, 0.05) is 25.0 Å². The highest BCUT2D eigenvalue weighted by Crippen LogP contribution is 2.27. The maximum atomic E-state index is 6.15. The zero-order chi connectivity index (χ0) is 13.9. The fourth-order valence-electron chi connectivity index (χ4n) is 3.63. The van der Waals surface area contributed by atoms with Gasteiger partial charge in [-0.2, -0.15) is 4.98 Å². The van der Waals surface area contributed by atoms with Crippen LogP contribution in [0.3, 0.4) is 0 Å². The summed E-state index contributed by atoms with van der Waals surface area (Å²) in [5.74, 6) is 2.70. The molecule has 1 saturated carbocycles.